The molecule has 1 aromatic carbocycles. The molecule has 1 aliphatic rings. The highest BCUT2D eigenvalue weighted by Gasteiger charge is 2.30. The summed E-state index contributed by atoms with van der Waals surface area (Å²) < 4.78 is 5.79. The van der Waals surface area contributed by atoms with E-state index >= 15 is 0 Å². The van der Waals surface area contributed by atoms with Crippen molar-refractivity contribution in [3.05, 3.63) is 22.7 Å². The largest absolute Gasteiger partial charge is 0.484 e. The van der Waals surface area contributed by atoms with Gasteiger partial charge in [-0.2, -0.15) is 0 Å². The molecule has 0 unspecified atom stereocenters. The third kappa shape index (κ3) is 2.14. The van der Waals surface area contributed by atoms with E-state index < -0.39 is 5.60 Å². The van der Waals surface area contributed by atoms with Crippen LogP contribution in [0.25, 0.3) is 0 Å². The minimum atomic E-state index is -0.534. The van der Waals surface area contributed by atoms with E-state index in [9.17, 15) is 4.79 Å². The molecule has 86 valence electrons. The lowest BCUT2D eigenvalue weighted by Gasteiger charge is -2.23. The molecule has 2 rings (SSSR count). The summed E-state index contributed by atoms with van der Waals surface area (Å²) >= 11 is 6.12. The SMILES string of the molecule is Cc1cc(Cl)c2c(c1)NC(=O)CC(C)(C)O2. The molecular weight excluding hydrogens is 226 g/mol. The first kappa shape index (κ1) is 11.3. The Morgan fingerprint density at radius 2 is 2.12 bits per heavy atom. The Labute approximate surface area is 99.7 Å². The van der Waals surface area contributed by atoms with Gasteiger partial charge in [-0.05, 0) is 38.5 Å². The predicted octanol–water partition coefficient (Wildman–Crippen LogP) is 3.15. The van der Waals surface area contributed by atoms with Gasteiger partial charge in [0.1, 0.15) is 5.60 Å². The number of carbonyl (C=O) groups excluding carboxylic acids is 1. The number of nitrogens with one attached hydrogen (secondary N) is 1. The van der Waals surface area contributed by atoms with E-state index in [0.717, 1.165) is 5.56 Å². The molecule has 0 radical (unpaired) electrons. The van der Waals surface area contributed by atoms with Crippen molar-refractivity contribution in [1.29, 1.82) is 0 Å². The fourth-order valence-corrected chi connectivity index (χ4v) is 2.13. The highest BCUT2D eigenvalue weighted by Crippen LogP contribution is 2.39. The second-order valence-electron chi connectivity index (χ2n) is 4.71. The predicted molar refractivity (Wildman–Crippen MR) is 64.1 cm³/mol. The first-order valence-corrected chi connectivity index (χ1v) is 5.54. The summed E-state index contributed by atoms with van der Waals surface area (Å²) in [4.78, 5) is 11.6. The van der Waals surface area contributed by atoms with E-state index in [0.29, 0.717) is 22.9 Å². The van der Waals surface area contributed by atoms with Crippen molar-refractivity contribution in [3.63, 3.8) is 0 Å². The van der Waals surface area contributed by atoms with Crippen LogP contribution in [-0.2, 0) is 4.79 Å². The van der Waals surface area contributed by atoms with Crippen LogP contribution in [0, 0.1) is 6.92 Å². The fourth-order valence-electron chi connectivity index (χ4n) is 1.82. The van der Waals surface area contributed by atoms with Gasteiger partial charge in [0, 0.05) is 0 Å². The van der Waals surface area contributed by atoms with Crippen LogP contribution in [-0.4, -0.2) is 11.5 Å². The van der Waals surface area contributed by atoms with E-state index in [-0.39, 0.29) is 5.91 Å². The van der Waals surface area contributed by atoms with Gasteiger partial charge >= 0.3 is 0 Å². The molecule has 0 aromatic heterocycles. The van der Waals surface area contributed by atoms with E-state index in [1.807, 2.05) is 32.9 Å². The van der Waals surface area contributed by atoms with Crippen molar-refractivity contribution in [3.8, 4) is 5.75 Å². The zero-order valence-electron chi connectivity index (χ0n) is 9.56. The maximum absolute atomic E-state index is 11.6. The summed E-state index contributed by atoms with van der Waals surface area (Å²) in [5, 5.41) is 3.34. The minimum Gasteiger partial charge on any atom is -0.484 e. The second kappa shape index (κ2) is 3.67. The van der Waals surface area contributed by atoms with E-state index in [2.05, 4.69) is 5.32 Å². The third-order valence-electron chi connectivity index (χ3n) is 2.43. The Kier molecular flexibility index (Phi) is 2.58. The number of benzene rings is 1. The van der Waals surface area contributed by atoms with Crippen molar-refractivity contribution in [2.75, 3.05) is 5.32 Å². The van der Waals surface area contributed by atoms with E-state index in [1.165, 1.54) is 0 Å². The maximum atomic E-state index is 11.6. The molecular formula is C12H14ClNO2. The van der Waals surface area contributed by atoms with Crippen LogP contribution in [0.1, 0.15) is 25.8 Å². The number of halogens is 1. The van der Waals surface area contributed by atoms with Gasteiger partial charge in [-0.1, -0.05) is 11.6 Å². The normalized spacial score (nSPS) is 18.1. The summed E-state index contributed by atoms with van der Waals surface area (Å²) in [5.41, 5.74) is 1.11. The number of fused-ring (bicyclic) bond motifs is 1. The van der Waals surface area contributed by atoms with Crippen LogP contribution in [0.3, 0.4) is 0 Å². The van der Waals surface area contributed by atoms with Crippen LogP contribution in [0.15, 0.2) is 12.1 Å². The Bertz CT molecular complexity index is 455. The molecule has 0 aliphatic carbocycles. The van der Waals surface area contributed by atoms with Crippen LogP contribution in [0.2, 0.25) is 5.02 Å². The van der Waals surface area contributed by atoms with Crippen molar-refractivity contribution in [2.45, 2.75) is 32.8 Å². The fraction of sp³-hybridized carbons (Fsp3) is 0.417. The number of carbonyl (C=O) groups is 1. The van der Waals surface area contributed by atoms with Gasteiger partial charge in [-0.25, -0.2) is 0 Å². The summed E-state index contributed by atoms with van der Waals surface area (Å²) in [6, 6.07) is 3.69. The molecule has 0 saturated heterocycles. The first-order valence-electron chi connectivity index (χ1n) is 5.16. The summed E-state index contributed by atoms with van der Waals surface area (Å²) in [6.45, 7) is 5.67. The van der Waals surface area contributed by atoms with Crippen LogP contribution in [0.5, 0.6) is 5.75 Å². The summed E-state index contributed by atoms with van der Waals surface area (Å²) in [5.74, 6) is 0.508. The zero-order chi connectivity index (χ0) is 11.9. The Morgan fingerprint density at radius 1 is 1.44 bits per heavy atom. The van der Waals surface area contributed by atoms with E-state index in [4.69, 9.17) is 16.3 Å². The van der Waals surface area contributed by atoms with Crippen molar-refractivity contribution in [1.82, 2.24) is 0 Å². The van der Waals surface area contributed by atoms with Crippen molar-refractivity contribution >= 4 is 23.2 Å². The first-order chi connectivity index (χ1) is 7.37. The van der Waals surface area contributed by atoms with Gasteiger partial charge in [0.15, 0.2) is 5.75 Å². The van der Waals surface area contributed by atoms with Crippen LogP contribution < -0.4 is 10.1 Å². The molecule has 1 amide bonds. The molecule has 0 spiro atoms. The number of ether oxygens (including phenoxy) is 1. The van der Waals surface area contributed by atoms with Gasteiger partial charge in [0.05, 0.1) is 17.1 Å². The quantitative estimate of drug-likeness (QED) is 0.755. The Balaban J connectivity index is 2.54. The smallest absolute Gasteiger partial charge is 0.228 e. The molecule has 1 aromatic rings. The van der Waals surface area contributed by atoms with Crippen molar-refractivity contribution < 1.29 is 9.53 Å². The number of amides is 1. The zero-order valence-corrected chi connectivity index (χ0v) is 10.3. The van der Waals surface area contributed by atoms with Crippen LogP contribution >= 0.6 is 11.6 Å². The number of rotatable bonds is 0. The average Bonchev–Trinajstić information content (AvgIpc) is 2.19. The average molecular weight is 240 g/mol. The molecule has 1 N–H and O–H groups in total. The highest BCUT2D eigenvalue weighted by molar-refractivity contribution is 6.32. The van der Waals surface area contributed by atoms with Crippen molar-refractivity contribution in [2.24, 2.45) is 0 Å². The number of aryl methyl sites for hydroxylation is 1. The van der Waals surface area contributed by atoms with Gasteiger partial charge in [0.2, 0.25) is 5.91 Å². The van der Waals surface area contributed by atoms with Gasteiger partial charge in [0.25, 0.3) is 0 Å². The Hall–Kier alpha value is -1.22. The maximum Gasteiger partial charge on any atom is 0.228 e. The van der Waals surface area contributed by atoms with Gasteiger partial charge < -0.3 is 10.1 Å². The minimum absolute atomic E-state index is 0.0505. The molecule has 0 atom stereocenters. The molecule has 1 heterocycles. The summed E-state index contributed by atoms with van der Waals surface area (Å²) in [7, 11) is 0. The van der Waals surface area contributed by atoms with Crippen LogP contribution in [0.4, 0.5) is 5.69 Å². The number of anilines is 1. The molecule has 16 heavy (non-hydrogen) atoms. The highest BCUT2D eigenvalue weighted by atomic mass is 35.5. The van der Waals surface area contributed by atoms with Gasteiger partial charge in [-0.15, -0.1) is 0 Å². The molecule has 0 bridgehead atoms. The molecule has 1 aliphatic heterocycles. The molecule has 0 fully saturated rings. The molecule has 4 heteroatoms. The second-order valence-corrected chi connectivity index (χ2v) is 5.12. The summed E-state index contributed by atoms with van der Waals surface area (Å²) in [6.07, 6.45) is 0.317. The monoisotopic (exact) mass is 239 g/mol. The lowest BCUT2D eigenvalue weighted by molar-refractivity contribution is -0.118. The topological polar surface area (TPSA) is 38.3 Å². The third-order valence-corrected chi connectivity index (χ3v) is 2.71. The standard InChI is InChI=1S/C12H14ClNO2/c1-7-4-8(13)11-9(5-7)14-10(15)6-12(2,3)16-11/h4-5H,6H2,1-3H3,(H,14,15). The molecule has 3 nitrogen and oxygen atoms in total. The lowest BCUT2D eigenvalue weighted by Crippen LogP contribution is -2.30. The van der Waals surface area contributed by atoms with Gasteiger partial charge in [-0.3, -0.25) is 4.79 Å². The lowest BCUT2D eigenvalue weighted by atomic mass is 10.1. The van der Waals surface area contributed by atoms with E-state index in [1.54, 1.807) is 0 Å². The molecule has 0 saturated carbocycles. The Morgan fingerprint density at radius 3 is 2.81 bits per heavy atom. The number of hydrogen-bond donors (Lipinski definition) is 1. The number of hydrogen-bond acceptors (Lipinski definition) is 2.